The smallest absolute Gasteiger partial charge is 0.338 e. The van der Waals surface area contributed by atoms with E-state index in [0.717, 1.165) is 6.42 Å². The monoisotopic (exact) mass is 259 g/mol. The van der Waals surface area contributed by atoms with Crippen LogP contribution in [0.3, 0.4) is 0 Å². The molecule has 0 heterocycles. The summed E-state index contributed by atoms with van der Waals surface area (Å²) in [6.45, 7) is 9.02. The molecule has 0 aromatic carbocycles. The van der Waals surface area contributed by atoms with Crippen LogP contribution in [-0.2, 0) is 19.1 Å². The van der Waals surface area contributed by atoms with Gasteiger partial charge in [-0.15, -0.1) is 0 Å². The minimum atomic E-state index is -1.70. The molecule has 5 heteroatoms. The number of rotatable bonds is 6. The van der Waals surface area contributed by atoms with Crippen molar-refractivity contribution in [2.45, 2.75) is 65.0 Å². The number of hydrogen-bond acceptors (Lipinski definition) is 5. The maximum absolute atomic E-state index is 12.1. The molecule has 0 saturated carbocycles. The topological polar surface area (TPSA) is 78.6 Å². The molecule has 0 aromatic heterocycles. The fourth-order valence-corrected chi connectivity index (χ4v) is 1.37. The molecule has 0 fully saturated rings. The lowest BCUT2D eigenvalue weighted by Gasteiger charge is -2.29. The molecule has 1 unspecified atom stereocenters. The molecule has 0 spiro atoms. The number of carbonyl (C=O) groups excluding carboxylic acids is 2. The van der Waals surface area contributed by atoms with Crippen LogP contribution >= 0.6 is 0 Å². The van der Waals surface area contributed by atoms with Gasteiger partial charge in [-0.2, -0.15) is 0 Å². The highest BCUT2D eigenvalue weighted by Crippen LogP contribution is 2.19. The zero-order chi connectivity index (χ0) is 14.4. The van der Waals surface area contributed by atoms with E-state index in [9.17, 15) is 9.59 Å². The van der Waals surface area contributed by atoms with Gasteiger partial charge in [0, 0.05) is 0 Å². The Balaban J connectivity index is 4.96. The summed E-state index contributed by atoms with van der Waals surface area (Å²) in [6, 6.07) is 0. The largest absolute Gasteiger partial charge is 0.464 e. The number of unbranched alkanes of at least 4 members (excludes halogenated alkanes) is 1. The number of nitrogens with two attached hydrogens (primary N) is 1. The molecule has 0 rings (SSSR count). The van der Waals surface area contributed by atoms with E-state index in [2.05, 4.69) is 0 Å². The maximum Gasteiger partial charge on any atom is 0.338 e. The SMILES string of the molecule is CCCCC(N)(C(=O)OCC)C(=O)OC(C)(C)C. The highest BCUT2D eigenvalue weighted by molar-refractivity contribution is 6.04. The van der Waals surface area contributed by atoms with E-state index >= 15 is 0 Å². The molecule has 5 nitrogen and oxygen atoms in total. The minimum Gasteiger partial charge on any atom is -0.464 e. The molecule has 0 aliphatic heterocycles. The first-order valence-corrected chi connectivity index (χ1v) is 6.37. The number of carbonyl (C=O) groups is 2. The summed E-state index contributed by atoms with van der Waals surface area (Å²) in [7, 11) is 0. The van der Waals surface area contributed by atoms with Crippen LogP contribution in [0.25, 0.3) is 0 Å². The summed E-state index contributed by atoms with van der Waals surface area (Å²) in [6.07, 6.45) is 1.73. The van der Waals surface area contributed by atoms with Crippen molar-refractivity contribution in [1.82, 2.24) is 0 Å². The van der Waals surface area contributed by atoms with Crippen molar-refractivity contribution in [3.8, 4) is 0 Å². The fourth-order valence-electron chi connectivity index (χ4n) is 1.37. The van der Waals surface area contributed by atoms with Gasteiger partial charge in [0.25, 0.3) is 0 Å². The van der Waals surface area contributed by atoms with E-state index in [-0.39, 0.29) is 13.0 Å². The Morgan fingerprint density at radius 3 is 2.06 bits per heavy atom. The molecule has 2 N–H and O–H groups in total. The molecule has 0 aliphatic carbocycles. The van der Waals surface area contributed by atoms with Gasteiger partial charge >= 0.3 is 11.9 Å². The zero-order valence-electron chi connectivity index (χ0n) is 12.0. The molecule has 106 valence electrons. The van der Waals surface area contributed by atoms with Gasteiger partial charge in [-0.05, 0) is 34.1 Å². The summed E-state index contributed by atoms with van der Waals surface area (Å²) in [5.41, 5.74) is 3.54. The van der Waals surface area contributed by atoms with E-state index in [1.54, 1.807) is 27.7 Å². The van der Waals surface area contributed by atoms with Crippen molar-refractivity contribution in [2.75, 3.05) is 6.61 Å². The molecule has 0 aromatic rings. The van der Waals surface area contributed by atoms with Crippen LogP contribution in [0.5, 0.6) is 0 Å². The second-order valence-corrected chi connectivity index (χ2v) is 5.30. The third kappa shape index (κ3) is 5.04. The standard InChI is InChI=1S/C13H25NO4/c1-6-8-9-13(14,10(15)17-7-2)11(16)18-12(3,4)5/h6-9,14H2,1-5H3. The highest BCUT2D eigenvalue weighted by Gasteiger charge is 2.45. The number of ether oxygens (including phenoxy) is 2. The lowest BCUT2D eigenvalue weighted by molar-refractivity contribution is -0.171. The molecule has 0 bridgehead atoms. The van der Waals surface area contributed by atoms with Crippen molar-refractivity contribution < 1.29 is 19.1 Å². The normalized spacial score (nSPS) is 14.8. The van der Waals surface area contributed by atoms with Crippen LogP contribution in [0.15, 0.2) is 0 Å². The highest BCUT2D eigenvalue weighted by atomic mass is 16.6. The summed E-state index contributed by atoms with van der Waals surface area (Å²) in [5, 5.41) is 0. The van der Waals surface area contributed by atoms with Gasteiger partial charge in [-0.1, -0.05) is 19.8 Å². The van der Waals surface area contributed by atoms with Crippen molar-refractivity contribution in [3.05, 3.63) is 0 Å². The van der Waals surface area contributed by atoms with Gasteiger partial charge in [-0.25, -0.2) is 9.59 Å². The van der Waals surface area contributed by atoms with Crippen molar-refractivity contribution in [1.29, 1.82) is 0 Å². The van der Waals surface area contributed by atoms with Gasteiger partial charge in [-0.3, -0.25) is 0 Å². The van der Waals surface area contributed by atoms with Crippen LogP contribution in [0.2, 0.25) is 0 Å². The van der Waals surface area contributed by atoms with E-state index in [0.29, 0.717) is 6.42 Å². The third-order valence-corrected chi connectivity index (χ3v) is 2.33. The predicted molar refractivity (Wildman–Crippen MR) is 68.9 cm³/mol. The molecule has 0 radical (unpaired) electrons. The average molecular weight is 259 g/mol. The summed E-state index contributed by atoms with van der Waals surface area (Å²) < 4.78 is 10.1. The van der Waals surface area contributed by atoms with Crippen LogP contribution < -0.4 is 5.73 Å². The van der Waals surface area contributed by atoms with Gasteiger partial charge in [0.2, 0.25) is 5.54 Å². The molecule has 1 atom stereocenters. The van der Waals surface area contributed by atoms with Crippen molar-refractivity contribution in [2.24, 2.45) is 5.73 Å². The predicted octanol–water partition coefficient (Wildman–Crippen LogP) is 1.78. The Morgan fingerprint density at radius 2 is 1.67 bits per heavy atom. The van der Waals surface area contributed by atoms with Gasteiger partial charge in [0.15, 0.2) is 0 Å². The Labute approximate surface area is 109 Å². The van der Waals surface area contributed by atoms with Crippen molar-refractivity contribution in [3.63, 3.8) is 0 Å². The van der Waals surface area contributed by atoms with Crippen LogP contribution in [0.4, 0.5) is 0 Å². The van der Waals surface area contributed by atoms with E-state index < -0.39 is 23.1 Å². The molecule has 0 saturated heterocycles. The van der Waals surface area contributed by atoms with E-state index in [4.69, 9.17) is 15.2 Å². The van der Waals surface area contributed by atoms with E-state index in [1.807, 2.05) is 6.92 Å². The van der Waals surface area contributed by atoms with E-state index in [1.165, 1.54) is 0 Å². The summed E-state index contributed by atoms with van der Waals surface area (Å²) >= 11 is 0. The van der Waals surface area contributed by atoms with Gasteiger partial charge < -0.3 is 15.2 Å². The first-order valence-electron chi connectivity index (χ1n) is 6.37. The second-order valence-electron chi connectivity index (χ2n) is 5.30. The van der Waals surface area contributed by atoms with Gasteiger partial charge in [0.05, 0.1) is 6.61 Å². The zero-order valence-corrected chi connectivity index (χ0v) is 12.0. The molecular formula is C13H25NO4. The van der Waals surface area contributed by atoms with Crippen LogP contribution in [0, 0.1) is 0 Å². The fraction of sp³-hybridized carbons (Fsp3) is 0.846. The first-order chi connectivity index (χ1) is 8.17. The number of esters is 2. The lowest BCUT2D eigenvalue weighted by Crippen LogP contribution is -2.57. The second kappa shape index (κ2) is 6.73. The molecular weight excluding hydrogens is 234 g/mol. The van der Waals surface area contributed by atoms with Gasteiger partial charge in [0.1, 0.15) is 5.60 Å². The molecule has 18 heavy (non-hydrogen) atoms. The van der Waals surface area contributed by atoms with Crippen molar-refractivity contribution >= 4 is 11.9 Å². The summed E-state index contributed by atoms with van der Waals surface area (Å²) in [4.78, 5) is 23.9. The minimum absolute atomic E-state index is 0.187. The lowest BCUT2D eigenvalue weighted by atomic mass is 9.93. The third-order valence-electron chi connectivity index (χ3n) is 2.33. The Morgan fingerprint density at radius 1 is 1.11 bits per heavy atom. The Bertz CT molecular complexity index is 296. The molecule has 0 amide bonds. The summed E-state index contributed by atoms with van der Waals surface area (Å²) in [5.74, 6) is -1.44. The average Bonchev–Trinajstić information content (AvgIpc) is 2.23. The maximum atomic E-state index is 12.1. The Kier molecular flexibility index (Phi) is 6.32. The van der Waals surface area contributed by atoms with Crippen LogP contribution in [0.1, 0.15) is 53.9 Å². The number of hydrogen-bond donors (Lipinski definition) is 1. The quantitative estimate of drug-likeness (QED) is 0.581. The van der Waals surface area contributed by atoms with Crippen LogP contribution in [-0.4, -0.2) is 29.7 Å². The first kappa shape index (κ1) is 16.9. The molecule has 0 aliphatic rings. The Hall–Kier alpha value is -1.10.